The Kier molecular flexibility index (Phi) is 4.90. The van der Waals surface area contributed by atoms with Gasteiger partial charge in [0.2, 0.25) is 0 Å². The molecule has 7 heteroatoms. The van der Waals surface area contributed by atoms with E-state index in [0.717, 1.165) is 36.5 Å². The third kappa shape index (κ3) is 3.58. The maximum atomic E-state index is 12.5. The van der Waals surface area contributed by atoms with Gasteiger partial charge in [-0.3, -0.25) is 4.79 Å². The predicted molar refractivity (Wildman–Crippen MR) is 101 cm³/mol. The number of hydrogen-bond donors (Lipinski definition) is 2. The molecule has 1 aromatic rings. The van der Waals surface area contributed by atoms with E-state index >= 15 is 0 Å². The second kappa shape index (κ2) is 6.68. The summed E-state index contributed by atoms with van der Waals surface area (Å²) in [6.45, 7) is 11.4. The van der Waals surface area contributed by atoms with Gasteiger partial charge in [-0.15, -0.1) is 0 Å². The Morgan fingerprint density at radius 3 is 2.76 bits per heavy atom. The van der Waals surface area contributed by atoms with Crippen molar-refractivity contribution < 1.29 is 9.00 Å². The van der Waals surface area contributed by atoms with Gasteiger partial charge in [-0.2, -0.15) is 0 Å². The maximum Gasteiger partial charge on any atom is 0.252 e. The van der Waals surface area contributed by atoms with Gasteiger partial charge in [0.25, 0.3) is 5.91 Å². The lowest BCUT2D eigenvalue weighted by molar-refractivity contribution is 0.0965. The van der Waals surface area contributed by atoms with Crippen LogP contribution in [0.25, 0.3) is 0 Å². The number of anilines is 1. The molecule has 0 saturated carbocycles. The SMILES string of the molecule is C[C@H](N[S@](=O)C(C)(C)C)c1nc(N2CCC[C@H]2C)cc2c1CNC2=O. The smallest absolute Gasteiger partial charge is 0.252 e. The first kappa shape index (κ1) is 18.3. The van der Waals surface area contributed by atoms with Crippen LogP contribution in [0.15, 0.2) is 6.07 Å². The minimum Gasteiger partial charge on any atom is -0.354 e. The van der Waals surface area contributed by atoms with Crippen molar-refractivity contribution in [1.29, 1.82) is 0 Å². The molecule has 0 radical (unpaired) electrons. The first-order chi connectivity index (χ1) is 11.7. The van der Waals surface area contributed by atoms with Crippen LogP contribution in [0.3, 0.4) is 0 Å². The van der Waals surface area contributed by atoms with Crippen molar-refractivity contribution in [3.63, 3.8) is 0 Å². The van der Waals surface area contributed by atoms with E-state index in [4.69, 9.17) is 4.98 Å². The summed E-state index contributed by atoms with van der Waals surface area (Å²) in [5.74, 6) is 0.807. The zero-order chi connectivity index (χ0) is 18.4. The number of pyridine rings is 1. The first-order valence-electron chi connectivity index (χ1n) is 8.95. The molecule has 0 aliphatic carbocycles. The topological polar surface area (TPSA) is 74.3 Å². The quantitative estimate of drug-likeness (QED) is 0.860. The molecule has 25 heavy (non-hydrogen) atoms. The molecule has 0 bridgehead atoms. The van der Waals surface area contributed by atoms with Crippen LogP contribution in [0, 0.1) is 0 Å². The molecule has 1 aromatic heterocycles. The molecule has 3 rings (SSSR count). The second-order valence-electron chi connectivity index (χ2n) is 7.98. The lowest BCUT2D eigenvalue weighted by Crippen LogP contribution is -2.36. The van der Waals surface area contributed by atoms with Crippen LogP contribution in [0.2, 0.25) is 0 Å². The summed E-state index contributed by atoms with van der Waals surface area (Å²) in [6.07, 6.45) is 2.28. The highest BCUT2D eigenvalue weighted by Crippen LogP contribution is 2.31. The van der Waals surface area contributed by atoms with Crippen molar-refractivity contribution in [3.8, 4) is 0 Å². The summed E-state index contributed by atoms with van der Waals surface area (Å²) in [5, 5.41) is 2.89. The zero-order valence-corrected chi connectivity index (χ0v) is 16.5. The van der Waals surface area contributed by atoms with E-state index in [0.29, 0.717) is 18.2 Å². The van der Waals surface area contributed by atoms with Crippen LogP contribution in [-0.4, -0.2) is 32.4 Å². The second-order valence-corrected chi connectivity index (χ2v) is 9.98. The van der Waals surface area contributed by atoms with Gasteiger partial charge in [0, 0.05) is 30.3 Å². The minimum absolute atomic E-state index is 0.0455. The molecule has 3 atom stereocenters. The molecule has 1 fully saturated rings. The summed E-state index contributed by atoms with van der Waals surface area (Å²) in [4.78, 5) is 19.4. The van der Waals surface area contributed by atoms with Crippen LogP contribution >= 0.6 is 0 Å². The van der Waals surface area contributed by atoms with E-state index in [-0.39, 0.29) is 16.7 Å². The molecule has 0 spiro atoms. The van der Waals surface area contributed by atoms with E-state index in [2.05, 4.69) is 21.9 Å². The van der Waals surface area contributed by atoms with Gasteiger partial charge in [0.1, 0.15) is 5.82 Å². The van der Waals surface area contributed by atoms with Crippen molar-refractivity contribution in [1.82, 2.24) is 15.0 Å². The molecule has 1 amide bonds. The fraction of sp³-hybridized carbons (Fsp3) is 0.667. The van der Waals surface area contributed by atoms with Crippen LogP contribution in [0.4, 0.5) is 5.82 Å². The van der Waals surface area contributed by atoms with Gasteiger partial charge in [-0.25, -0.2) is 13.9 Å². The average Bonchev–Trinajstić information content (AvgIpc) is 3.12. The fourth-order valence-corrected chi connectivity index (χ4v) is 4.19. The molecule has 2 N–H and O–H groups in total. The number of aromatic nitrogens is 1. The van der Waals surface area contributed by atoms with E-state index in [1.807, 2.05) is 33.8 Å². The molecular formula is C18H28N4O2S. The molecule has 1 saturated heterocycles. The Morgan fingerprint density at radius 2 is 2.16 bits per heavy atom. The monoisotopic (exact) mass is 364 g/mol. The molecule has 6 nitrogen and oxygen atoms in total. The van der Waals surface area contributed by atoms with Gasteiger partial charge in [-0.1, -0.05) is 0 Å². The van der Waals surface area contributed by atoms with Crippen LogP contribution in [0.5, 0.6) is 0 Å². The highest BCUT2D eigenvalue weighted by molar-refractivity contribution is 7.84. The molecule has 0 unspecified atom stereocenters. The van der Waals surface area contributed by atoms with Gasteiger partial charge in [-0.05, 0) is 53.5 Å². The maximum absolute atomic E-state index is 12.5. The third-order valence-corrected chi connectivity index (χ3v) is 6.59. The number of carbonyl (C=O) groups excluding carboxylic acids is 1. The van der Waals surface area contributed by atoms with Gasteiger partial charge < -0.3 is 10.2 Å². The number of nitrogens with zero attached hydrogens (tertiary/aromatic N) is 2. The summed E-state index contributed by atoms with van der Waals surface area (Å²) >= 11 is 0. The van der Waals surface area contributed by atoms with Crippen LogP contribution in [-0.2, 0) is 17.5 Å². The summed E-state index contributed by atoms with van der Waals surface area (Å²) in [7, 11) is -1.20. The number of nitrogens with one attached hydrogen (secondary N) is 2. The Balaban J connectivity index is 1.97. The molecular weight excluding hydrogens is 336 g/mol. The summed E-state index contributed by atoms with van der Waals surface area (Å²) in [5.41, 5.74) is 2.45. The average molecular weight is 365 g/mol. The number of amides is 1. The Bertz CT molecular complexity index is 714. The molecule has 0 aromatic carbocycles. The Labute approximate surface area is 152 Å². The van der Waals surface area contributed by atoms with E-state index in [9.17, 15) is 9.00 Å². The van der Waals surface area contributed by atoms with E-state index in [1.54, 1.807) is 0 Å². The number of fused-ring (bicyclic) bond motifs is 1. The number of rotatable bonds is 4. The van der Waals surface area contributed by atoms with E-state index < -0.39 is 11.0 Å². The standard InChI is InChI=1S/C18H28N4O2S/c1-11-7-6-8-22(11)15-9-13-14(10-19-17(13)23)16(20-15)12(2)21-25(24)18(3,4)5/h9,11-12,21H,6-8,10H2,1-5H3,(H,19,23)/t11-,12+,25-/m1/s1. The molecule has 2 aliphatic rings. The van der Waals surface area contributed by atoms with Crippen molar-refractivity contribution in [2.45, 2.75) is 70.8 Å². The van der Waals surface area contributed by atoms with E-state index in [1.165, 1.54) is 0 Å². The summed E-state index contributed by atoms with van der Waals surface area (Å²) < 4.78 is 15.3. The van der Waals surface area contributed by atoms with Gasteiger partial charge in [0.15, 0.2) is 0 Å². The van der Waals surface area contributed by atoms with Crippen LogP contribution < -0.4 is 14.9 Å². The highest BCUT2D eigenvalue weighted by atomic mass is 32.2. The fourth-order valence-electron chi connectivity index (χ4n) is 3.40. The number of hydrogen-bond acceptors (Lipinski definition) is 4. The van der Waals surface area contributed by atoms with Crippen molar-refractivity contribution in [2.24, 2.45) is 0 Å². The van der Waals surface area contributed by atoms with Crippen molar-refractivity contribution in [2.75, 3.05) is 11.4 Å². The molecule has 3 heterocycles. The first-order valence-corrected chi connectivity index (χ1v) is 10.1. The van der Waals surface area contributed by atoms with Crippen molar-refractivity contribution in [3.05, 3.63) is 22.9 Å². The van der Waals surface area contributed by atoms with Crippen LogP contribution in [0.1, 0.15) is 75.1 Å². The Morgan fingerprint density at radius 1 is 1.44 bits per heavy atom. The Hall–Kier alpha value is -1.47. The minimum atomic E-state index is -1.20. The molecule has 2 aliphatic heterocycles. The van der Waals surface area contributed by atoms with Crippen molar-refractivity contribution >= 4 is 22.7 Å². The van der Waals surface area contributed by atoms with Gasteiger partial charge >= 0.3 is 0 Å². The number of carbonyl (C=O) groups is 1. The lowest BCUT2D eigenvalue weighted by atomic mass is 10.0. The van der Waals surface area contributed by atoms with Gasteiger partial charge in [0.05, 0.1) is 27.5 Å². The lowest BCUT2D eigenvalue weighted by Gasteiger charge is -2.26. The summed E-state index contributed by atoms with van der Waals surface area (Å²) in [6, 6.07) is 2.14. The highest BCUT2D eigenvalue weighted by Gasteiger charge is 2.31. The molecule has 138 valence electrons. The largest absolute Gasteiger partial charge is 0.354 e. The predicted octanol–water partition coefficient (Wildman–Crippen LogP) is 2.43. The zero-order valence-electron chi connectivity index (χ0n) is 15.7. The third-order valence-electron chi connectivity index (χ3n) is 4.91. The normalized spacial score (nSPS) is 22.7.